The van der Waals surface area contributed by atoms with Gasteiger partial charge in [-0.1, -0.05) is 54.6 Å². The number of aromatic amines is 1. The van der Waals surface area contributed by atoms with E-state index in [1.807, 2.05) is 12.1 Å². The van der Waals surface area contributed by atoms with Crippen LogP contribution >= 0.6 is 0 Å². The predicted octanol–water partition coefficient (Wildman–Crippen LogP) is 5.46. The van der Waals surface area contributed by atoms with Crippen LogP contribution in [0.15, 0.2) is 113 Å². The summed E-state index contributed by atoms with van der Waals surface area (Å²) in [7, 11) is -5.13. The molecule has 0 saturated carbocycles. The summed E-state index contributed by atoms with van der Waals surface area (Å²) in [5, 5.41) is 19.5. The molecule has 3 heterocycles. The number of rotatable bonds is 18. The quantitative estimate of drug-likeness (QED) is 0.0715. The molecule has 8 rings (SSSR count). The highest BCUT2D eigenvalue weighted by molar-refractivity contribution is 7.92. The number of tetrazole rings is 1. The van der Waals surface area contributed by atoms with Crippen LogP contribution in [0.25, 0.3) is 33.5 Å². The van der Waals surface area contributed by atoms with E-state index in [1.165, 1.54) is 35.5 Å². The van der Waals surface area contributed by atoms with Gasteiger partial charge in [0.25, 0.3) is 0 Å². The number of fused-ring (bicyclic) bond motifs is 1. The normalized spacial score (nSPS) is 15.3. The van der Waals surface area contributed by atoms with Crippen LogP contribution in [0.5, 0.6) is 17.2 Å². The Kier molecular flexibility index (Phi) is 14.4. The van der Waals surface area contributed by atoms with Crippen LogP contribution in [0.4, 0.5) is 10.7 Å². The third-order valence-electron chi connectivity index (χ3n) is 11.5. The summed E-state index contributed by atoms with van der Waals surface area (Å²) in [5.74, 6) is 1.68. The predicted molar refractivity (Wildman–Crippen MR) is 262 cm³/mol. The van der Waals surface area contributed by atoms with E-state index in [9.17, 15) is 4.79 Å². The van der Waals surface area contributed by atoms with Gasteiger partial charge in [-0.25, -0.2) is 31.3 Å². The zero-order chi connectivity index (χ0) is 49.8. The molecule has 22 heteroatoms. The number of H-pyrrole nitrogens is 1. The van der Waals surface area contributed by atoms with Gasteiger partial charge < -0.3 is 40.3 Å². The van der Waals surface area contributed by atoms with Gasteiger partial charge in [0.15, 0.2) is 5.95 Å². The largest absolute Gasteiger partial charge is 0.497 e. The highest BCUT2D eigenvalue weighted by Gasteiger charge is 2.40. The van der Waals surface area contributed by atoms with Gasteiger partial charge in [0.1, 0.15) is 32.6 Å². The van der Waals surface area contributed by atoms with Gasteiger partial charge in [-0.15, -0.1) is 10.2 Å². The van der Waals surface area contributed by atoms with Crippen molar-refractivity contribution in [3.63, 3.8) is 0 Å². The minimum absolute atomic E-state index is 0.00691. The number of nitrogens with one attached hydrogen (secondary N) is 4. The lowest BCUT2D eigenvalue weighted by Crippen LogP contribution is -2.50. The van der Waals surface area contributed by atoms with E-state index in [4.69, 9.17) is 29.8 Å². The number of methoxy groups -OCH3 is 3. The molecule has 2 aromatic heterocycles. The summed E-state index contributed by atoms with van der Waals surface area (Å²) in [4.78, 5) is 20.4. The van der Waals surface area contributed by atoms with Crippen LogP contribution in [0.3, 0.4) is 0 Å². The van der Waals surface area contributed by atoms with E-state index < -0.39 is 53.6 Å². The molecule has 6 N–H and O–H groups in total. The number of alkyl carbamates (subject to hydrolysis) is 1. The van der Waals surface area contributed by atoms with E-state index in [2.05, 4.69) is 35.6 Å². The first kappa shape index (κ1) is 49.3. The number of amides is 1. The van der Waals surface area contributed by atoms with Gasteiger partial charge >= 0.3 is 6.09 Å². The van der Waals surface area contributed by atoms with Gasteiger partial charge in [0, 0.05) is 37.3 Å². The zero-order valence-corrected chi connectivity index (χ0v) is 41.1. The number of sulfonamides is 2. The fourth-order valence-corrected chi connectivity index (χ4v) is 11.9. The molecule has 1 aliphatic rings. The molecule has 7 aromatic rings. The van der Waals surface area contributed by atoms with Gasteiger partial charge in [0.2, 0.25) is 25.9 Å². The van der Waals surface area contributed by atoms with E-state index in [-0.39, 0.29) is 49.1 Å². The lowest BCUT2D eigenvalue weighted by Gasteiger charge is -2.27. The van der Waals surface area contributed by atoms with Crippen molar-refractivity contribution < 1.29 is 40.6 Å². The van der Waals surface area contributed by atoms with Crippen molar-refractivity contribution in [1.82, 2.24) is 49.8 Å². The fourth-order valence-electron chi connectivity index (χ4n) is 8.17. The van der Waals surface area contributed by atoms with Crippen LogP contribution in [0.2, 0.25) is 0 Å². The third-order valence-corrected chi connectivity index (χ3v) is 15.1. The SMILES string of the molecule is COc1ccc(CN(Cc2ccc(OC)cc2)S(=O)(=O)c2c(S(=O)(=O)N[C@H]3CCNC3CNC(=O)OC(C)(C)C)ccc(-c3cccc4[nH]c(N)nc34)c2-c2nnn(Cc3ccc(OC)cc3)n2)cc1. The monoisotopic (exact) mass is 993 g/mol. The highest BCUT2D eigenvalue weighted by atomic mass is 32.2. The van der Waals surface area contributed by atoms with Crippen molar-refractivity contribution in [2.75, 3.05) is 40.2 Å². The Bertz CT molecular complexity index is 3150. The molecule has 1 saturated heterocycles. The van der Waals surface area contributed by atoms with Gasteiger partial charge in [-0.3, -0.25) is 0 Å². The minimum Gasteiger partial charge on any atom is -0.497 e. The summed E-state index contributed by atoms with van der Waals surface area (Å²) >= 11 is 0. The second-order valence-corrected chi connectivity index (χ2v) is 21.1. The Hall–Kier alpha value is -7.11. The smallest absolute Gasteiger partial charge is 0.407 e. The summed E-state index contributed by atoms with van der Waals surface area (Å²) in [6.45, 7) is 5.32. The number of imidazole rings is 1. The lowest BCUT2D eigenvalue weighted by atomic mass is 9.98. The molecule has 1 amide bonds. The average molecular weight is 994 g/mol. The fraction of sp³-hybridized carbons (Fsp3) is 0.312. The minimum atomic E-state index is -4.96. The number of para-hydroxylation sites is 1. The van der Waals surface area contributed by atoms with E-state index in [0.717, 1.165) is 5.56 Å². The number of ether oxygens (including phenoxy) is 4. The van der Waals surface area contributed by atoms with Crippen LogP contribution in [0.1, 0.15) is 43.9 Å². The summed E-state index contributed by atoms with van der Waals surface area (Å²) in [5.41, 5.74) is 8.77. The summed E-state index contributed by atoms with van der Waals surface area (Å²) in [6, 6.07) is 27.6. The second kappa shape index (κ2) is 20.5. The maximum atomic E-state index is 16.2. The third kappa shape index (κ3) is 11.2. The number of anilines is 1. The second-order valence-electron chi connectivity index (χ2n) is 17.6. The Morgan fingerprint density at radius 2 is 1.41 bits per heavy atom. The van der Waals surface area contributed by atoms with Crippen molar-refractivity contribution in [1.29, 1.82) is 0 Å². The number of carbonyl (C=O) groups is 1. The number of aromatic nitrogens is 6. The number of carbonyl (C=O) groups excluding carboxylic acids is 1. The van der Waals surface area contributed by atoms with Crippen molar-refractivity contribution in [3.05, 3.63) is 120 Å². The number of nitrogens with zero attached hydrogens (tertiary/aromatic N) is 6. The first-order valence-electron chi connectivity index (χ1n) is 22.3. The lowest BCUT2D eigenvalue weighted by molar-refractivity contribution is 0.0522. The molecular weight excluding hydrogens is 939 g/mol. The molecule has 70 heavy (non-hydrogen) atoms. The molecular formula is C48H55N11O9S2. The number of hydrogen-bond acceptors (Lipinski definition) is 15. The van der Waals surface area contributed by atoms with Crippen LogP contribution in [0, 0.1) is 0 Å². The molecule has 5 aromatic carbocycles. The molecule has 1 fully saturated rings. The first-order chi connectivity index (χ1) is 33.4. The Balaban J connectivity index is 1.34. The molecule has 2 atom stereocenters. The zero-order valence-electron chi connectivity index (χ0n) is 39.5. The van der Waals surface area contributed by atoms with Gasteiger partial charge in [-0.2, -0.15) is 9.10 Å². The number of nitrogen functional groups attached to an aromatic ring is 1. The molecule has 368 valence electrons. The maximum Gasteiger partial charge on any atom is 0.407 e. The van der Waals surface area contributed by atoms with Crippen molar-refractivity contribution in [2.24, 2.45) is 0 Å². The average Bonchev–Trinajstić information content (AvgIpc) is 4.09. The molecule has 0 radical (unpaired) electrons. The number of benzene rings is 5. The first-order valence-corrected chi connectivity index (χ1v) is 25.2. The number of hydrogen-bond donors (Lipinski definition) is 5. The standard InChI is InChI=1S/C48H55N11O9S2/c1-48(2,3)68-47(60)51-26-40-38(24-25-50-40)56-69(61,62)41-23-22-36(37-8-7-9-39-43(37)53-46(49)52-39)42(45-54-57-59(55-45)29-32-14-20-35(67-6)21-15-32)44(41)70(63,64)58(27-30-10-16-33(65-4)17-11-30)28-31-12-18-34(66-5)19-13-31/h7-23,38,40,50,56H,24-29H2,1-6H3,(H,51,60)(H3,49,52,53)/t38-,40?/m0/s1. The van der Waals surface area contributed by atoms with Crippen molar-refractivity contribution >= 4 is 43.1 Å². The van der Waals surface area contributed by atoms with E-state index in [0.29, 0.717) is 57.9 Å². The Morgan fingerprint density at radius 1 is 0.814 bits per heavy atom. The maximum absolute atomic E-state index is 16.2. The Labute approximate surface area is 406 Å². The van der Waals surface area contributed by atoms with Crippen LogP contribution in [-0.2, 0) is 44.4 Å². The van der Waals surface area contributed by atoms with Crippen molar-refractivity contribution in [3.8, 4) is 39.8 Å². The molecule has 1 aliphatic heterocycles. The number of nitrogens with two attached hydrogens (primary N) is 1. The molecule has 1 unspecified atom stereocenters. The molecule has 0 spiro atoms. The van der Waals surface area contributed by atoms with Gasteiger partial charge in [-0.05, 0) is 110 Å². The molecule has 0 aliphatic carbocycles. The van der Waals surface area contributed by atoms with E-state index >= 15 is 16.8 Å². The summed E-state index contributed by atoms with van der Waals surface area (Å²) in [6.07, 6.45) is -0.357. The molecule has 0 bridgehead atoms. The molecule has 20 nitrogen and oxygen atoms in total. The topological polar surface area (TPSA) is 260 Å². The van der Waals surface area contributed by atoms with Crippen LogP contribution in [-0.4, -0.2) is 110 Å². The van der Waals surface area contributed by atoms with Crippen molar-refractivity contribution in [2.45, 2.75) is 74.3 Å². The van der Waals surface area contributed by atoms with E-state index in [1.54, 1.807) is 107 Å². The summed E-state index contributed by atoms with van der Waals surface area (Å²) < 4.78 is 88.6. The highest BCUT2D eigenvalue weighted by Crippen LogP contribution is 2.43. The van der Waals surface area contributed by atoms with Gasteiger partial charge in [0.05, 0.1) is 44.5 Å². The van der Waals surface area contributed by atoms with Crippen LogP contribution < -0.4 is 35.3 Å². The Morgan fingerprint density at radius 3 is 2.00 bits per heavy atom.